The summed E-state index contributed by atoms with van der Waals surface area (Å²) in [5, 5.41) is 0. The van der Waals surface area contributed by atoms with E-state index in [1.165, 1.54) is 19.3 Å². The maximum absolute atomic E-state index is 10.8. The Bertz CT molecular complexity index is 259. The molecular formula is C10H20O3S. The molecule has 14 heavy (non-hydrogen) atoms. The SMILES string of the molecule is CC[C@@H]1CCCC[C@H]1COS(C)(=O)=O. The van der Waals surface area contributed by atoms with Crippen molar-refractivity contribution in [1.82, 2.24) is 0 Å². The zero-order valence-electron chi connectivity index (χ0n) is 9.03. The molecule has 0 saturated heterocycles. The molecule has 1 aliphatic carbocycles. The first-order chi connectivity index (χ1) is 6.53. The van der Waals surface area contributed by atoms with Gasteiger partial charge in [0.2, 0.25) is 0 Å². The van der Waals surface area contributed by atoms with Gasteiger partial charge in [-0.3, -0.25) is 4.18 Å². The van der Waals surface area contributed by atoms with Gasteiger partial charge in [-0.1, -0.05) is 32.6 Å². The van der Waals surface area contributed by atoms with E-state index in [9.17, 15) is 8.42 Å². The summed E-state index contributed by atoms with van der Waals surface area (Å²) in [6.07, 6.45) is 7.11. The first-order valence-electron chi connectivity index (χ1n) is 5.37. The van der Waals surface area contributed by atoms with Crippen molar-refractivity contribution in [2.24, 2.45) is 11.8 Å². The fourth-order valence-corrected chi connectivity index (χ4v) is 2.67. The smallest absolute Gasteiger partial charge is 0.264 e. The second-order valence-corrected chi connectivity index (χ2v) is 5.85. The van der Waals surface area contributed by atoms with E-state index in [0.29, 0.717) is 18.4 Å². The van der Waals surface area contributed by atoms with E-state index in [1.54, 1.807) is 0 Å². The molecule has 0 radical (unpaired) electrons. The van der Waals surface area contributed by atoms with Crippen LogP contribution in [0.1, 0.15) is 39.0 Å². The Morgan fingerprint density at radius 1 is 1.21 bits per heavy atom. The largest absolute Gasteiger partial charge is 0.270 e. The van der Waals surface area contributed by atoms with Crippen molar-refractivity contribution < 1.29 is 12.6 Å². The highest BCUT2D eigenvalue weighted by molar-refractivity contribution is 7.85. The third kappa shape index (κ3) is 3.96. The molecule has 84 valence electrons. The van der Waals surface area contributed by atoms with Gasteiger partial charge < -0.3 is 0 Å². The number of rotatable bonds is 4. The fraction of sp³-hybridized carbons (Fsp3) is 1.00. The van der Waals surface area contributed by atoms with E-state index < -0.39 is 10.1 Å². The molecule has 3 nitrogen and oxygen atoms in total. The molecule has 0 aromatic rings. The van der Waals surface area contributed by atoms with Crippen LogP contribution >= 0.6 is 0 Å². The van der Waals surface area contributed by atoms with Crippen LogP contribution in [0.3, 0.4) is 0 Å². The Labute approximate surface area is 87.0 Å². The van der Waals surface area contributed by atoms with Crippen LogP contribution in [-0.4, -0.2) is 21.3 Å². The third-order valence-corrected chi connectivity index (χ3v) is 3.65. The van der Waals surface area contributed by atoms with Gasteiger partial charge in [0.05, 0.1) is 12.9 Å². The highest BCUT2D eigenvalue weighted by Crippen LogP contribution is 2.32. The molecule has 0 unspecified atom stereocenters. The topological polar surface area (TPSA) is 43.4 Å². The standard InChI is InChI=1S/C10H20O3S/c1-3-9-6-4-5-7-10(9)8-13-14(2,11)12/h9-10H,3-8H2,1-2H3/t9-,10+/m1/s1. The lowest BCUT2D eigenvalue weighted by Gasteiger charge is -2.30. The summed E-state index contributed by atoms with van der Waals surface area (Å²) in [6.45, 7) is 2.56. The van der Waals surface area contributed by atoms with E-state index in [2.05, 4.69) is 6.92 Å². The van der Waals surface area contributed by atoms with E-state index >= 15 is 0 Å². The molecule has 0 bridgehead atoms. The van der Waals surface area contributed by atoms with Crippen LogP contribution in [0.25, 0.3) is 0 Å². The van der Waals surface area contributed by atoms with E-state index in [0.717, 1.165) is 19.1 Å². The van der Waals surface area contributed by atoms with Crippen LogP contribution in [-0.2, 0) is 14.3 Å². The molecule has 2 atom stereocenters. The summed E-state index contributed by atoms with van der Waals surface area (Å²) < 4.78 is 26.6. The minimum atomic E-state index is -3.26. The summed E-state index contributed by atoms with van der Waals surface area (Å²) in [5.74, 6) is 1.11. The van der Waals surface area contributed by atoms with Crippen LogP contribution < -0.4 is 0 Å². The van der Waals surface area contributed by atoms with Crippen molar-refractivity contribution in [2.45, 2.75) is 39.0 Å². The van der Waals surface area contributed by atoms with Gasteiger partial charge in [0, 0.05) is 0 Å². The lowest BCUT2D eigenvalue weighted by molar-refractivity contribution is 0.151. The van der Waals surface area contributed by atoms with Gasteiger partial charge in [0.15, 0.2) is 0 Å². The molecule has 0 aromatic carbocycles. The quantitative estimate of drug-likeness (QED) is 0.682. The van der Waals surface area contributed by atoms with Gasteiger partial charge >= 0.3 is 0 Å². The lowest BCUT2D eigenvalue weighted by Crippen LogP contribution is -2.24. The fourth-order valence-electron chi connectivity index (χ4n) is 2.25. The number of hydrogen-bond donors (Lipinski definition) is 0. The van der Waals surface area contributed by atoms with Crippen LogP contribution in [0, 0.1) is 11.8 Å². The Kier molecular flexibility index (Phi) is 4.38. The maximum Gasteiger partial charge on any atom is 0.264 e. The van der Waals surface area contributed by atoms with Crippen molar-refractivity contribution in [3.63, 3.8) is 0 Å². The summed E-state index contributed by atoms with van der Waals surface area (Å²) >= 11 is 0. The van der Waals surface area contributed by atoms with E-state index in [1.807, 2.05) is 0 Å². The first-order valence-corrected chi connectivity index (χ1v) is 7.19. The molecule has 1 rings (SSSR count). The lowest BCUT2D eigenvalue weighted by atomic mass is 9.78. The van der Waals surface area contributed by atoms with Crippen LogP contribution in [0.4, 0.5) is 0 Å². The molecular weight excluding hydrogens is 200 g/mol. The molecule has 1 fully saturated rings. The van der Waals surface area contributed by atoms with Crippen LogP contribution in [0.15, 0.2) is 0 Å². The van der Waals surface area contributed by atoms with E-state index in [-0.39, 0.29) is 0 Å². The molecule has 1 saturated carbocycles. The Morgan fingerprint density at radius 3 is 2.29 bits per heavy atom. The van der Waals surface area contributed by atoms with Crippen molar-refractivity contribution in [2.75, 3.05) is 12.9 Å². The summed E-state index contributed by atoms with van der Waals surface area (Å²) in [7, 11) is -3.26. The third-order valence-electron chi connectivity index (χ3n) is 3.09. The van der Waals surface area contributed by atoms with Crippen molar-refractivity contribution >= 4 is 10.1 Å². The molecule has 0 spiro atoms. The second-order valence-electron chi connectivity index (χ2n) is 4.20. The molecule has 4 heteroatoms. The number of hydrogen-bond acceptors (Lipinski definition) is 3. The van der Waals surface area contributed by atoms with Crippen LogP contribution in [0.2, 0.25) is 0 Å². The monoisotopic (exact) mass is 220 g/mol. The maximum atomic E-state index is 10.8. The van der Waals surface area contributed by atoms with Gasteiger partial charge in [-0.05, 0) is 18.3 Å². The highest BCUT2D eigenvalue weighted by Gasteiger charge is 2.24. The van der Waals surface area contributed by atoms with Gasteiger partial charge in [0.25, 0.3) is 10.1 Å². The average molecular weight is 220 g/mol. The molecule has 1 aliphatic rings. The Morgan fingerprint density at radius 2 is 1.79 bits per heavy atom. The molecule has 0 N–H and O–H groups in total. The Balaban J connectivity index is 2.41. The van der Waals surface area contributed by atoms with Crippen molar-refractivity contribution in [3.05, 3.63) is 0 Å². The van der Waals surface area contributed by atoms with E-state index in [4.69, 9.17) is 4.18 Å². The van der Waals surface area contributed by atoms with Crippen molar-refractivity contribution in [1.29, 1.82) is 0 Å². The van der Waals surface area contributed by atoms with Gasteiger partial charge in [-0.15, -0.1) is 0 Å². The molecule has 0 heterocycles. The van der Waals surface area contributed by atoms with Gasteiger partial charge in [-0.2, -0.15) is 8.42 Å². The predicted molar refractivity (Wildman–Crippen MR) is 56.5 cm³/mol. The van der Waals surface area contributed by atoms with Crippen molar-refractivity contribution in [3.8, 4) is 0 Å². The zero-order valence-corrected chi connectivity index (χ0v) is 9.85. The Hall–Kier alpha value is -0.0900. The summed E-state index contributed by atoms with van der Waals surface area (Å²) in [5.41, 5.74) is 0. The average Bonchev–Trinajstić information content (AvgIpc) is 2.14. The molecule has 0 amide bonds. The molecule has 0 aromatic heterocycles. The van der Waals surface area contributed by atoms with Crippen LogP contribution in [0.5, 0.6) is 0 Å². The normalized spacial score (nSPS) is 29.0. The summed E-state index contributed by atoms with van der Waals surface area (Å²) in [6, 6.07) is 0. The zero-order chi connectivity index (χ0) is 10.6. The van der Waals surface area contributed by atoms with Gasteiger partial charge in [-0.25, -0.2) is 0 Å². The molecule has 0 aliphatic heterocycles. The first kappa shape index (κ1) is 12.0. The minimum absolute atomic E-state index is 0.386. The minimum Gasteiger partial charge on any atom is -0.270 e. The highest BCUT2D eigenvalue weighted by atomic mass is 32.2. The van der Waals surface area contributed by atoms with Gasteiger partial charge in [0.1, 0.15) is 0 Å². The summed E-state index contributed by atoms with van der Waals surface area (Å²) in [4.78, 5) is 0. The predicted octanol–water partition coefficient (Wildman–Crippen LogP) is 2.18. The second kappa shape index (κ2) is 5.12.